The van der Waals surface area contributed by atoms with Crippen LogP contribution in [0.25, 0.3) is 0 Å². The highest BCUT2D eigenvalue weighted by Gasteiger charge is 2.36. The fraction of sp³-hybridized carbons (Fsp3) is 0.318. The third kappa shape index (κ3) is 3.68. The molecule has 0 aliphatic carbocycles. The van der Waals surface area contributed by atoms with Crippen LogP contribution in [0.2, 0.25) is 0 Å². The number of benzene rings is 2. The summed E-state index contributed by atoms with van der Waals surface area (Å²) in [6, 6.07) is 10.6. The molecule has 0 saturated carbocycles. The molecule has 4 rings (SSSR count). The molecule has 7 heteroatoms. The number of carbonyl (C=O) groups is 3. The second kappa shape index (κ2) is 7.58. The van der Waals surface area contributed by atoms with Gasteiger partial charge in [-0.15, -0.1) is 0 Å². The van der Waals surface area contributed by atoms with E-state index in [0.717, 1.165) is 36.2 Å². The van der Waals surface area contributed by atoms with Crippen LogP contribution in [0.5, 0.6) is 0 Å². The Hall–Kier alpha value is -3.35. The molecule has 150 valence electrons. The first-order valence-electron chi connectivity index (χ1n) is 9.69. The molecule has 2 aromatic carbocycles. The van der Waals surface area contributed by atoms with Crippen molar-refractivity contribution in [2.24, 2.45) is 0 Å². The number of rotatable bonds is 4. The first-order valence-corrected chi connectivity index (χ1v) is 9.69. The molecule has 0 aromatic heterocycles. The first kappa shape index (κ1) is 19.0. The average molecular weight is 393 g/mol. The Labute approximate surface area is 169 Å². The van der Waals surface area contributed by atoms with Crippen molar-refractivity contribution in [3.05, 3.63) is 53.1 Å². The molecule has 0 radical (unpaired) electrons. The van der Waals surface area contributed by atoms with Crippen LogP contribution >= 0.6 is 0 Å². The third-order valence-corrected chi connectivity index (χ3v) is 5.57. The van der Waals surface area contributed by atoms with Crippen LogP contribution in [0.4, 0.5) is 17.1 Å². The monoisotopic (exact) mass is 393 g/mol. The summed E-state index contributed by atoms with van der Waals surface area (Å²) in [5.41, 5.74) is 4.54. The van der Waals surface area contributed by atoms with Crippen molar-refractivity contribution >= 4 is 34.8 Å². The molecular weight excluding hydrogens is 370 g/mol. The van der Waals surface area contributed by atoms with Gasteiger partial charge in [-0.25, -0.2) is 4.79 Å². The normalized spacial score (nSPS) is 17.2. The minimum absolute atomic E-state index is 0.0478. The van der Waals surface area contributed by atoms with E-state index >= 15 is 0 Å². The highest BCUT2D eigenvalue weighted by molar-refractivity contribution is 6.05. The molecule has 1 fully saturated rings. The van der Waals surface area contributed by atoms with Crippen LogP contribution in [0.15, 0.2) is 36.4 Å². The second-order valence-electron chi connectivity index (χ2n) is 7.44. The standard InChI is InChI=1S/C22H23N3O4/c1-13-5-3-6-16(14(13)2)23-20(26)12-29-22(28)15-8-9-18-17(11-15)24-21(27)19-7-4-10-25(18)19/h3,5-6,8-9,11,19H,4,7,10,12H2,1-2H3,(H,23,26)(H,24,27)/t19-/m1/s1. The average Bonchev–Trinajstić information content (AvgIpc) is 3.20. The molecule has 1 atom stereocenters. The van der Waals surface area contributed by atoms with Crippen molar-refractivity contribution in [3.63, 3.8) is 0 Å². The maximum absolute atomic E-state index is 12.4. The lowest BCUT2D eigenvalue weighted by Crippen LogP contribution is -2.43. The quantitative estimate of drug-likeness (QED) is 0.780. The van der Waals surface area contributed by atoms with E-state index < -0.39 is 11.9 Å². The Morgan fingerprint density at radius 2 is 2.07 bits per heavy atom. The topological polar surface area (TPSA) is 87.7 Å². The lowest BCUT2D eigenvalue weighted by atomic mass is 10.1. The minimum Gasteiger partial charge on any atom is -0.452 e. The summed E-state index contributed by atoms with van der Waals surface area (Å²) in [4.78, 5) is 38.9. The summed E-state index contributed by atoms with van der Waals surface area (Å²) >= 11 is 0. The van der Waals surface area contributed by atoms with Crippen LogP contribution in [-0.4, -0.2) is 37.0 Å². The summed E-state index contributed by atoms with van der Waals surface area (Å²) < 4.78 is 5.16. The highest BCUT2D eigenvalue weighted by Crippen LogP contribution is 2.37. The maximum Gasteiger partial charge on any atom is 0.338 e. The summed E-state index contributed by atoms with van der Waals surface area (Å²) in [6.45, 7) is 4.32. The SMILES string of the molecule is Cc1cccc(NC(=O)COC(=O)c2ccc3c(c2)NC(=O)[C@H]2CCCN32)c1C. The van der Waals surface area contributed by atoms with Gasteiger partial charge in [0.2, 0.25) is 5.91 Å². The number of anilines is 3. The van der Waals surface area contributed by atoms with Gasteiger partial charge in [0.25, 0.3) is 5.91 Å². The number of aryl methyl sites for hydroxylation is 1. The van der Waals surface area contributed by atoms with Gasteiger partial charge in [-0.3, -0.25) is 9.59 Å². The van der Waals surface area contributed by atoms with Gasteiger partial charge in [-0.05, 0) is 62.1 Å². The number of hydrogen-bond donors (Lipinski definition) is 2. The van der Waals surface area contributed by atoms with Crippen LogP contribution in [0, 0.1) is 13.8 Å². The molecule has 2 heterocycles. The summed E-state index contributed by atoms with van der Waals surface area (Å²) in [6.07, 6.45) is 1.81. The van der Waals surface area contributed by atoms with E-state index in [4.69, 9.17) is 4.74 Å². The second-order valence-corrected chi connectivity index (χ2v) is 7.44. The zero-order valence-corrected chi connectivity index (χ0v) is 16.5. The van der Waals surface area contributed by atoms with Crippen LogP contribution < -0.4 is 15.5 Å². The van der Waals surface area contributed by atoms with Gasteiger partial charge >= 0.3 is 5.97 Å². The van der Waals surface area contributed by atoms with Crippen molar-refractivity contribution < 1.29 is 19.1 Å². The highest BCUT2D eigenvalue weighted by atomic mass is 16.5. The van der Waals surface area contributed by atoms with Gasteiger partial charge in [-0.1, -0.05) is 12.1 Å². The number of amides is 2. The maximum atomic E-state index is 12.4. The van der Waals surface area contributed by atoms with E-state index in [1.54, 1.807) is 18.2 Å². The Morgan fingerprint density at radius 3 is 2.90 bits per heavy atom. The molecule has 2 N–H and O–H groups in total. The van der Waals surface area contributed by atoms with E-state index in [9.17, 15) is 14.4 Å². The van der Waals surface area contributed by atoms with Gasteiger partial charge < -0.3 is 20.3 Å². The molecule has 1 saturated heterocycles. The molecule has 2 aliphatic rings. The van der Waals surface area contributed by atoms with Gasteiger partial charge in [0.1, 0.15) is 6.04 Å². The van der Waals surface area contributed by atoms with Crippen molar-refractivity contribution in [2.75, 3.05) is 28.7 Å². The van der Waals surface area contributed by atoms with Crippen LogP contribution in [0.1, 0.15) is 34.3 Å². The summed E-state index contributed by atoms with van der Waals surface area (Å²) in [5, 5.41) is 5.63. The van der Waals surface area contributed by atoms with Crippen molar-refractivity contribution in [1.29, 1.82) is 0 Å². The van der Waals surface area contributed by atoms with Crippen molar-refractivity contribution in [2.45, 2.75) is 32.7 Å². The molecule has 29 heavy (non-hydrogen) atoms. The molecule has 0 unspecified atom stereocenters. The van der Waals surface area contributed by atoms with Gasteiger partial charge in [0, 0.05) is 12.2 Å². The van der Waals surface area contributed by atoms with E-state index in [-0.39, 0.29) is 18.6 Å². The zero-order chi connectivity index (χ0) is 20.5. The molecule has 2 aliphatic heterocycles. The molecular formula is C22H23N3O4. The zero-order valence-electron chi connectivity index (χ0n) is 16.5. The predicted molar refractivity (Wildman–Crippen MR) is 110 cm³/mol. The molecule has 7 nitrogen and oxygen atoms in total. The van der Waals surface area contributed by atoms with E-state index in [2.05, 4.69) is 15.5 Å². The number of fused-ring (bicyclic) bond motifs is 3. The molecule has 0 spiro atoms. The first-order chi connectivity index (χ1) is 13.9. The Bertz CT molecular complexity index is 1000. The number of hydrogen-bond acceptors (Lipinski definition) is 5. The van der Waals surface area contributed by atoms with E-state index in [0.29, 0.717) is 16.9 Å². The Balaban J connectivity index is 1.40. The summed E-state index contributed by atoms with van der Waals surface area (Å²) in [5.74, 6) is -1.06. The summed E-state index contributed by atoms with van der Waals surface area (Å²) in [7, 11) is 0. The van der Waals surface area contributed by atoms with E-state index in [1.165, 1.54) is 0 Å². The van der Waals surface area contributed by atoms with Gasteiger partial charge in [0.15, 0.2) is 6.61 Å². The Kier molecular flexibility index (Phi) is 4.96. The minimum atomic E-state index is -0.610. The number of esters is 1. The number of ether oxygens (including phenoxy) is 1. The van der Waals surface area contributed by atoms with Gasteiger partial charge in [-0.2, -0.15) is 0 Å². The number of nitrogens with zero attached hydrogens (tertiary/aromatic N) is 1. The third-order valence-electron chi connectivity index (χ3n) is 5.57. The lowest BCUT2D eigenvalue weighted by Gasteiger charge is -2.33. The van der Waals surface area contributed by atoms with Crippen molar-refractivity contribution in [1.82, 2.24) is 0 Å². The Morgan fingerprint density at radius 1 is 1.24 bits per heavy atom. The fourth-order valence-electron chi connectivity index (χ4n) is 3.84. The van der Waals surface area contributed by atoms with Crippen LogP contribution in [-0.2, 0) is 14.3 Å². The largest absolute Gasteiger partial charge is 0.452 e. The smallest absolute Gasteiger partial charge is 0.338 e. The molecule has 2 aromatic rings. The van der Waals surface area contributed by atoms with E-state index in [1.807, 2.05) is 32.0 Å². The number of nitrogens with one attached hydrogen (secondary N) is 2. The van der Waals surface area contributed by atoms with Crippen LogP contribution in [0.3, 0.4) is 0 Å². The fourth-order valence-corrected chi connectivity index (χ4v) is 3.84. The van der Waals surface area contributed by atoms with Gasteiger partial charge in [0.05, 0.1) is 16.9 Å². The molecule has 2 amide bonds. The number of carbonyl (C=O) groups excluding carboxylic acids is 3. The molecule has 0 bridgehead atoms. The predicted octanol–water partition coefficient (Wildman–Crippen LogP) is 3.02. The van der Waals surface area contributed by atoms with Crippen molar-refractivity contribution in [3.8, 4) is 0 Å². The lowest BCUT2D eigenvalue weighted by molar-refractivity contribution is -0.119.